The highest BCUT2D eigenvalue weighted by molar-refractivity contribution is 5.81. The number of hydrogen-bond donors (Lipinski definition) is 2. The molecule has 1 aromatic carbocycles. The van der Waals surface area contributed by atoms with Crippen LogP contribution in [0.4, 0.5) is 5.95 Å². The number of carboxylic acids is 1. The van der Waals surface area contributed by atoms with Crippen LogP contribution in [0.1, 0.15) is 0 Å². The van der Waals surface area contributed by atoms with Crippen LogP contribution in [0.3, 0.4) is 0 Å². The highest BCUT2D eigenvalue weighted by atomic mass is 16.4. The average Bonchev–Trinajstić information content (AvgIpc) is 2.55. The molecule has 0 saturated carbocycles. The number of phenolic OH excluding ortho intramolecular Hbond substituents is 1. The number of benzene rings is 1. The van der Waals surface area contributed by atoms with Crippen molar-refractivity contribution in [3.8, 4) is 5.75 Å². The lowest BCUT2D eigenvalue weighted by Crippen LogP contribution is -2.27. The molecule has 6 heteroatoms. The number of aromatic nitrogens is 2. The molecule has 0 amide bonds. The first-order valence-corrected chi connectivity index (χ1v) is 5.07. The van der Waals surface area contributed by atoms with E-state index in [0.29, 0.717) is 5.95 Å². The molecule has 0 aliphatic carbocycles. The Morgan fingerprint density at radius 1 is 1.53 bits per heavy atom. The molecule has 90 valence electrons. The molecule has 0 aliphatic heterocycles. The van der Waals surface area contributed by atoms with Gasteiger partial charge in [0.05, 0.1) is 11.0 Å². The highest BCUT2D eigenvalue weighted by Crippen LogP contribution is 2.23. The van der Waals surface area contributed by atoms with Crippen molar-refractivity contribution in [1.29, 1.82) is 0 Å². The van der Waals surface area contributed by atoms with Gasteiger partial charge in [-0.05, 0) is 12.1 Å². The number of anilines is 1. The first-order chi connectivity index (χ1) is 7.99. The van der Waals surface area contributed by atoms with Gasteiger partial charge in [-0.1, -0.05) is 0 Å². The van der Waals surface area contributed by atoms with Gasteiger partial charge in [0.2, 0.25) is 5.95 Å². The van der Waals surface area contributed by atoms with Crippen LogP contribution in [-0.4, -0.2) is 39.3 Å². The molecule has 0 fully saturated rings. The van der Waals surface area contributed by atoms with Gasteiger partial charge in [-0.2, -0.15) is 0 Å². The second-order valence-corrected chi connectivity index (χ2v) is 3.89. The first kappa shape index (κ1) is 11.3. The van der Waals surface area contributed by atoms with E-state index in [0.717, 1.165) is 11.0 Å². The number of aliphatic carboxylic acids is 1. The summed E-state index contributed by atoms with van der Waals surface area (Å²) in [5.41, 5.74) is 1.48. The van der Waals surface area contributed by atoms with Gasteiger partial charge in [0, 0.05) is 20.2 Å². The Morgan fingerprint density at radius 3 is 2.88 bits per heavy atom. The maximum Gasteiger partial charge on any atom is 0.323 e. The Kier molecular flexibility index (Phi) is 2.63. The van der Waals surface area contributed by atoms with E-state index in [9.17, 15) is 9.90 Å². The molecule has 17 heavy (non-hydrogen) atoms. The van der Waals surface area contributed by atoms with Gasteiger partial charge in [0.1, 0.15) is 12.3 Å². The van der Waals surface area contributed by atoms with Crippen molar-refractivity contribution in [1.82, 2.24) is 9.55 Å². The number of imidazole rings is 1. The predicted molar refractivity (Wildman–Crippen MR) is 63.3 cm³/mol. The number of likely N-dealkylation sites (N-methyl/N-ethyl adjacent to an activating group) is 1. The molecule has 0 saturated heterocycles. The number of nitrogens with zero attached hydrogens (tertiary/aromatic N) is 3. The second-order valence-electron chi connectivity index (χ2n) is 3.89. The fraction of sp³-hybridized carbons (Fsp3) is 0.273. The SMILES string of the molecule is CN(CC(=O)O)c1nc2ccc(O)cc2n1C. The zero-order valence-electron chi connectivity index (χ0n) is 9.58. The highest BCUT2D eigenvalue weighted by Gasteiger charge is 2.14. The summed E-state index contributed by atoms with van der Waals surface area (Å²) in [6.45, 7) is -0.122. The Balaban J connectivity index is 2.48. The van der Waals surface area contributed by atoms with E-state index in [1.165, 1.54) is 0 Å². The number of phenols is 1. The number of carboxylic acid groups (broad SMARTS) is 1. The minimum Gasteiger partial charge on any atom is -0.508 e. The topological polar surface area (TPSA) is 78.6 Å². The molecule has 2 N–H and O–H groups in total. The Hall–Kier alpha value is -2.24. The lowest BCUT2D eigenvalue weighted by atomic mass is 10.3. The minimum absolute atomic E-state index is 0.122. The van der Waals surface area contributed by atoms with Gasteiger partial charge in [-0.3, -0.25) is 4.79 Å². The average molecular weight is 235 g/mol. The van der Waals surface area contributed by atoms with E-state index >= 15 is 0 Å². The van der Waals surface area contributed by atoms with Gasteiger partial charge in [0.15, 0.2) is 0 Å². The number of rotatable bonds is 3. The maximum absolute atomic E-state index is 10.6. The molecule has 0 unspecified atom stereocenters. The second kappa shape index (κ2) is 3.97. The minimum atomic E-state index is -0.914. The lowest BCUT2D eigenvalue weighted by Gasteiger charge is -2.15. The third-order valence-electron chi connectivity index (χ3n) is 2.55. The number of fused-ring (bicyclic) bond motifs is 1. The summed E-state index contributed by atoms with van der Waals surface area (Å²) < 4.78 is 1.75. The molecular formula is C11H13N3O3. The number of aryl methyl sites for hydroxylation is 1. The zero-order chi connectivity index (χ0) is 12.6. The molecule has 6 nitrogen and oxygen atoms in total. The molecule has 0 radical (unpaired) electrons. The van der Waals surface area contributed by atoms with Crippen LogP contribution < -0.4 is 4.90 Å². The molecule has 1 aromatic heterocycles. The van der Waals surface area contributed by atoms with E-state index in [1.807, 2.05) is 0 Å². The van der Waals surface area contributed by atoms with Crippen LogP contribution in [0, 0.1) is 0 Å². The van der Waals surface area contributed by atoms with Crippen molar-refractivity contribution in [3.05, 3.63) is 18.2 Å². The molecule has 2 aromatic rings. The lowest BCUT2D eigenvalue weighted by molar-refractivity contribution is -0.135. The maximum atomic E-state index is 10.6. The zero-order valence-corrected chi connectivity index (χ0v) is 9.58. The van der Waals surface area contributed by atoms with Gasteiger partial charge in [0.25, 0.3) is 0 Å². The van der Waals surface area contributed by atoms with Crippen molar-refractivity contribution in [2.45, 2.75) is 0 Å². The Morgan fingerprint density at radius 2 is 2.24 bits per heavy atom. The normalized spacial score (nSPS) is 10.7. The summed E-state index contributed by atoms with van der Waals surface area (Å²) in [4.78, 5) is 16.5. The largest absolute Gasteiger partial charge is 0.508 e. The van der Waals surface area contributed by atoms with Gasteiger partial charge >= 0.3 is 5.97 Å². The summed E-state index contributed by atoms with van der Waals surface area (Å²) in [6, 6.07) is 4.85. The van der Waals surface area contributed by atoms with E-state index in [-0.39, 0.29) is 12.3 Å². The Bertz CT molecular complexity index is 577. The quantitative estimate of drug-likeness (QED) is 0.822. The van der Waals surface area contributed by atoms with Crippen LogP contribution in [0.15, 0.2) is 18.2 Å². The summed E-state index contributed by atoms with van der Waals surface area (Å²) in [5, 5.41) is 18.1. The van der Waals surface area contributed by atoms with Gasteiger partial charge in [-0.25, -0.2) is 4.98 Å². The first-order valence-electron chi connectivity index (χ1n) is 5.07. The summed E-state index contributed by atoms with van der Waals surface area (Å²) >= 11 is 0. The smallest absolute Gasteiger partial charge is 0.323 e. The third-order valence-corrected chi connectivity index (χ3v) is 2.55. The fourth-order valence-corrected chi connectivity index (χ4v) is 1.78. The Labute approximate surface area is 97.7 Å². The van der Waals surface area contributed by atoms with Gasteiger partial charge < -0.3 is 19.7 Å². The van der Waals surface area contributed by atoms with Gasteiger partial charge in [-0.15, -0.1) is 0 Å². The number of carbonyl (C=O) groups is 1. The van der Waals surface area contributed by atoms with Crippen molar-refractivity contribution >= 4 is 23.0 Å². The molecule has 0 aliphatic rings. The van der Waals surface area contributed by atoms with Crippen LogP contribution in [-0.2, 0) is 11.8 Å². The predicted octanol–water partition coefficient (Wildman–Crippen LogP) is 0.800. The monoisotopic (exact) mass is 235 g/mol. The van der Waals surface area contributed by atoms with E-state index < -0.39 is 5.97 Å². The van der Waals surface area contributed by atoms with Crippen molar-refractivity contribution in [2.24, 2.45) is 7.05 Å². The molecular weight excluding hydrogens is 222 g/mol. The van der Waals surface area contributed by atoms with Crippen molar-refractivity contribution in [2.75, 3.05) is 18.5 Å². The van der Waals surface area contributed by atoms with E-state index in [1.54, 1.807) is 41.8 Å². The van der Waals surface area contributed by atoms with Crippen LogP contribution in [0.5, 0.6) is 5.75 Å². The molecule has 2 rings (SSSR count). The summed E-state index contributed by atoms with van der Waals surface area (Å²) in [6.07, 6.45) is 0. The van der Waals surface area contributed by atoms with Crippen LogP contribution in [0.25, 0.3) is 11.0 Å². The number of hydrogen-bond acceptors (Lipinski definition) is 4. The molecule has 0 atom stereocenters. The standard InChI is InChI=1S/C11H13N3O3/c1-13(6-10(16)17)11-12-8-4-3-7(15)5-9(8)14(11)2/h3-5,15H,6H2,1-2H3,(H,16,17). The molecule has 0 bridgehead atoms. The van der Waals surface area contributed by atoms with Crippen molar-refractivity contribution < 1.29 is 15.0 Å². The van der Waals surface area contributed by atoms with Crippen LogP contribution >= 0.6 is 0 Å². The third kappa shape index (κ3) is 2.01. The van der Waals surface area contributed by atoms with E-state index in [2.05, 4.69) is 4.98 Å². The summed E-state index contributed by atoms with van der Waals surface area (Å²) in [7, 11) is 3.44. The van der Waals surface area contributed by atoms with Crippen LogP contribution in [0.2, 0.25) is 0 Å². The molecule has 0 spiro atoms. The van der Waals surface area contributed by atoms with E-state index in [4.69, 9.17) is 5.11 Å². The number of aromatic hydroxyl groups is 1. The molecule has 1 heterocycles. The van der Waals surface area contributed by atoms with Crippen molar-refractivity contribution in [3.63, 3.8) is 0 Å². The fourth-order valence-electron chi connectivity index (χ4n) is 1.78. The summed E-state index contributed by atoms with van der Waals surface area (Å²) in [5.74, 6) is -0.205.